The number of aromatic amines is 1. The number of hydrogen-bond donors (Lipinski definition) is 1. The minimum Gasteiger partial charge on any atom is -0.494 e. The van der Waals surface area contributed by atoms with Crippen LogP contribution in [0.3, 0.4) is 0 Å². The SMILES string of the molecule is CCOc1ccc2nc(/N=C/c3c(C)[nH]n(-c4cccc5ccccc45)c3=O)sc2c1. The van der Waals surface area contributed by atoms with Crippen LogP contribution in [-0.2, 0) is 0 Å². The van der Waals surface area contributed by atoms with Crippen molar-refractivity contribution in [2.45, 2.75) is 13.8 Å². The maximum Gasteiger partial charge on any atom is 0.280 e. The van der Waals surface area contributed by atoms with Crippen LogP contribution in [0.2, 0.25) is 0 Å². The zero-order valence-electron chi connectivity index (χ0n) is 17.1. The van der Waals surface area contributed by atoms with Gasteiger partial charge in [0.15, 0.2) is 0 Å². The molecule has 0 atom stereocenters. The van der Waals surface area contributed by atoms with Crippen molar-refractivity contribution in [2.75, 3.05) is 6.61 Å². The Labute approximate surface area is 182 Å². The minimum atomic E-state index is -0.141. The third kappa shape index (κ3) is 3.53. The summed E-state index contributed by atoms with van der Waals surface area (Å²) in [6.45, 7) is 4.44. The van der Waals surface area contributed by atoms with Crippen LogP contribution in [-0.4, -0.2) is 27.6 Å². The number of thiazole rings is 1. The zero-order chi connectivity index (χ0) is 21.4. The maximum atomic E-state index is 13.2. The molecule has 6 nitrogen and oxygen atoms in total. The Kier molecular flexibility index (Phi) is 4.88. The Morgan fingerprint density at radius 3 is 2.87 bits per heavy atom. The van der Waals surface area contributed by atoms with Crippen LogP contribution in [0, 0.1) is 6.92 Å². The van der Waals surface area contributed by atoms with Gasteiger partial charge in [-0.05, 0) is 43.5 Å². The molecular formula is C24H20N4O2S. The third-order valence-electron chi connectivity index (χ3n) is 5.09. The molecule has 0 unspecified atom stereocenters. The number of ether oxygens (including phenoxy) is 1. The lowest BCUT2D eigenvalue weighted by Crippen LogP contribution is -2.17. The topological polar surface area (TPSA) is 72.3 Å². The molecule has 5 rings (SSSR count). The molecule has 0 saturated heterocycles. The molecule has 2 heterocycles. The van der Waals surface area contributed by atoms with Gasteiger partial charge >= 0.3 is 0 Å². The predicted octanol–water partition coefficient (Wildman–Crippen LogP) is 5.39. The van der Waals surface area contributed by atoms with E-state index in [0.717, 1.165) is 38.1 Å². The molecule has 31 heavy (non-hydrogen) atoms. The van der Waals surface area contributed by atoms with Crippen molar-refractivity contribution in [3.63, 3.8) is 0 Å². The first-order chi connectivity index (χ1) is 15.1. The number of aryl methyl sites for hydroxylation is 1. The van der Waals surface area contributed by atoms with E-state index >= 15 is 0 Å². The van der Waals surface area contributed by atoms with Gasteiger partial charge in [0.05, 0.1) is 28.1 Å². The number of benzene rings is 3. The van der Waals surface area contributed by atoms with Gasteiger partial charge in [-0.1, -0.05) is 47.7 Å². The highest BCUT2D eigenvalue weighted by Gasteiger charge is 2.13. The number of aliphatic imine (C=N–C) groups is 1. The van der Waals surface area contributed by atoms with Crippen molar-refractivity contribution < 1.29 is 4.74 Å². The van der Waals surface area contributed by atoms with Crippen molar-refractivity contribution in [1.82, 2.24) is 14.8 Å². The normalized spacial score (nSPS) is 11.7. The lowest BCUT2D eigenvalue weighted by Gasteiger charge is -2.06. The quantitative estimate of drug-likeness (QED) is 0.382. The standard InChI is InChI=1S/C24H20N4O2S/c1-3-30-17-11-12-20-22(13-17)31-24(26-20)25-14-19-15(2)27-28(23(19)29)21-10-6-8-16-7-4-5-9-18(16)21/h4-14,27H,3H2,1-2H3/b25-14+. The molecule has 7 heteroatoms. The molecule has 0 fully saturated rings. The van der Waals surface area contributed by atoms with E-state index in [-0.39, 0.29) is 5.56 Å². The molecule has 154 valence electrons. The number of fused-ring (bicyclic) bond motifs is 2. The Bertz CT molecular complexity index is 1490. The van der Waals surface area contributed by atoms with Crippen molar-refractivity contribution >= 4 is 43.7 Å². The van der Waals surface area contributed by atoms with Crippen LogP contribution >= 0.6 is 11.3 Å². The van der Waals surface area contributed by atoms with Gasteiger partial charge in [-0.3, -0.25) is 9.89 Å². The van der Waals surface area contributed by atoms with E-state index in [2.05, 4.69) is 15.1 Å². The molecule has 0 aliphatic rings. The van der Waals surface area contributed by atoms with Gasteiger partial charge in [-0.25, -0.2) is 14.7 Å². The van der Waals surface area contributed by atoms with E-state index in [1.165, 1.54) is 11.3 Å². The summed E-state index contributed by atoms with van der Waals surface area (Å²) >= 11 is 1.47. The fourth-order valence-corrected chi connectivity index (χ4v) is 4.45. The highest BCUT2D eigenvalue weighted by atomic mass is 32.1. The summed E-state index contributed by atoms with van der Waals surface area (Å²) in [7, 11) is 0. The summed E-state index contributed by atoms with van der Waals surface area (Å²) in [5, 5.41) is 5.87. The van der Waals surface area contributed by atoms with Gasteiger partial charge in [0.25, 0.3) is 5.56 Å². The van der Waals surface area contributed by atoms with Gasteiger partial charge in [0, 0.05) is 17.3 Å². The summed E-state index contributed by atoms with van der Waals surface area (Å²) in [4.78, 5) is 22.2. The molecule has 0 amide bonds. The summed E-state index contributed by atoms with van der Waals surface area (Å²) in [5.41, 5.74) is 2.80. The largest absolute Gasteiger partial charge is 0.494 e. The Morgan fingerprint density at radius 2 is 2.00 bits per heavy atom. The molecular weight excluding hydrogens is 408 g/mol. The maximum absolute atomic E-state index is 13.2. The average Bonchev–Trinajstić information content (AvgIpc) is 3.31. The first-order valence-corrected chi connectivity index (χ1v) is 10.8. The van der Waals surface area contributed by atoms with Crippen molar-refractivity contribution in [3.8, 4) is 11.4 Å². The average molecular weight is 429 g/mol. The first kappa shape index (κ1) is 19.3. The summed E-state index contributed by atoms with van der Waals surface area (Å²) in [5.74, 6) is 0.814. The van der Waals surface area contributed by atoms with Crippen molar-refractivity contribution in [1.29, 1.82) is 0 Å². The number of nitrogens with zero attached hydrogens (tertiary/aromatic N) is 3. The summed E-state index contributed by atoms with van der Waals surface area (Å²) < 4.78 is 8.12. The number of rotatable bonds is 5. The van der Waals surface area contributed by atoms with E-state index in [0.29, 0.717) is 17.3 Å². The molecule has 0 aliphatic heterocycles. The van der Waals surface area contributed by atoms with Gasteiger partial charge in [0.2, 0.25) is 5.13 Å². The van der Waals surface area contributed by atoms with Crippen LogP contribution in [0.1, 0.15) is 18.2 Å². The van der Waals surface area contributed by atoms with E-state index in [1.54, 1.807) is 10.9 Å². The lowest BCUT2D eigenvalue weighted by atomic mass is 10.1. The second-order valence-corrected chi connectivity index (χ2v) is 8.12. The van der Waals surface area contributed by atoms with Gasteiger partial charge in [0.1, 0.15) is 5.75 Å². The molecule has 5 aromatic rings. The van der Waals surface area contributed by atoms with Crippen LogP contribution in [0.15, 0.2) is 70.5 Å². The molecule has 0 bridgehead atoms. The Balaban J connectivity index is 1.52. The van der Waals surface area contributed by atoms with Crippen molar-refractivity contribution in [2.24, 2.45) is 4.99 Å². The zero-order valence-corrected chi connectivity index (χ0v) is 17.9. The van der Waals surface area contributed by atoms with E-state index in [1.807, 2.05) is 74.5 Å². The molecule has 2 aromatic heterocycles. The summed E-state index contributed by atoms with van der Waals surface area (Å²) in [6.07, 6.45) is 1.59. The number of aromatic nitrogens is 3. The molecule has 0 saturated carbocycles. The third-order valence-corrected chi connectivity index (χ3v) is 6.01. The molecule has 3 aromatic carbocycles. The van der Waals surface area contributed by atoms with E-state index in [4.69, 9.17) is 4.74 Å². The van der Waals surface area contributed by atoms with E-state index in [9.17, 15) is 4.79 Å². The number of H-pyrrole nitrogens is 1. The van der Waals surface area contributed by atoms with Crippen LogP contribution in [0.5, 0.6) is 5.75 Å². The van der Waals surface area contributed by atoms with Gasteiger partial charge < -0.3 is 4.74 Å². The fourth-order valence-electron chi connectivity index (χ4n) is 3.61. The fraction of sp³-hybridized carbons (Fsp3) is 0.125. The Hall–Kier alpha value is -3.71. The van der Waals surface area contributed by atoms with Crippen LogP contribution in [0.25, 0.3) is 26.7 Å². The second kappa shape index (κ2) is 7.85. The second-order valence-electron chi connectivity index (χ2n) is 7.11. The van der Waals surface area contributed by atoms with Gasteiger partial charge in [-0.2, -0.15) is 0 Å². The Morgan fingerprint density at radius 1 is 1.16 bits per heavy atom. The first-order valence-electron chi connectivity index (χ1n) is 10.0. The molecule has 1 N–H and O–H groups in total. The molecule has 0 radical (unpaired) electrons. The van der Waals surface area contributed by atoms with Gasteiger partial charge in [-0.15, -0.1) is 0 Å². The van der Waals surface area contributed by atoms with Crippen molar-refractivity contribution in [3.05, 3.63) is 82.3 Å². The predicted molar refractivity (Wildman–Crippen MR) is 127 cm³/mol. The molecule has 0 spiro atoms. The highest BCUT2D eigenvalue weighted by molar-refractivity contribution is 7.22. The summed E-state index contributed by atoms with van der Waals surface area (Å²) in [6, 6.07) is 19.7. The smallest absolute Gasteiger partial charge is 0.280 e. The lowest BCUT2D eigenvalue weighted by molar-refractivity contribution is 0.341. The monoisotopic (exact) mass is 428 g/mol. The molecule has 0 aliphatic carbocycles. The van der Waals surface area contributed by atoms with Crippen LogP contribution < -0.4 is 10.3 Å². The highest BCUT2D eigenvalue weighted by Crippen LogP contribution is 2.31. The minimum absolute atomic E-state index is 0.141. The number of hydrogen-bond acceptors (Lipinski definition) is 5. The van der Waals surface area contributed by atoms with Crippen LogP contribution in [0.4, 0.5) is 5.13 Å². The van der Waals surface area contributed by atoms with E-state index < -0.39 is 0 Å². The number of nitrogens with one attached hydrogen (secondary N) is 1.